The lowest BCUT2D eigenvalue weighted by Crippen LogP contribution is -2.00. The van der Waals surface area contributed by atoms with Gasteiger partial charge in [-0.05, 0) is 98.2 Å². The number of hydrogen-bond acceptors (Lipinski definition) is 7. The Hall–Kier alpha value is -4.78. The molecule has 4 aromatic carbocycles. The Morgan fingerprint density at radius 1 is 0.600 bits per heavy atom. The van der Waals surface area contributed by atoms with Gasteiger partial charge in [-0.15, -0.1) is 0 Å². The quantitative estimate of drug-likeness (QED) is 0.128. The first-order chi connectivity index (χ1) is 19.2. The molecule has 0 fully saturated rings. The van der Waals surface area contributed by atoms with Crippen LogP contribution in [-0.4, -0.2) is 30.0 Å². The van der Waals surface area contributed by atoms with E-state index in [1.807, 2.05) is 65.0 Å². The highest BCUT2D eigenvalue weighted by Crippen LogP contribution is 2.36. The smallest absolute Gasteiger partial charge is 0.140 e. The molecule has 2 N–H and O–H groups in total. The molecule has 7 heteroatoms. The molecule has 0 bridgehead atoms. The summed E-state index contributed by atoms with van der Waals surface area (Å²) in [5.41, 5.74) is 8.63. The topological polar surface area (TPSA) is 92.9 Å². The van der Waals surface area contributed by atoms with Crippen molar-refractivity contribution >= 4 is 12.4 Å². The van der Waals surface area contributed by atoms with E-state index in [1.165, 1.54) is 18.0 Å². The Labute approximate surface area is 235 Å². The van der Waals surface area contributed by atoms with Gasteiger partial charge in [0.1, 0.15) is 28.7 Å². The van der Waals surface area contributed by atoms with Gasteiger partial charge in [-0.1, -0.05) is 52.8 Å². The minimum Gasteiger partial charge on any atom is -0.496 e. The van der Waals surface area contributed by atoms with E-state index in [2.05, 4.69) is 34.6 Å². The zero-order valence-corrected chi connectivity index (χ0v) is 23.6. The second-order valence-corrected chi connectivity index (χ2v) is 9.85. The van der Waals surface area contributed by atoms with Crippen molar-refractivity contribution < 1.29 is 24.6 Å². The second kappa shape index (κ2) is 12.4. The van der Waals surface area contributed by atoms with Crippen molar-refractivity contribution in [2.75, 3.05) is 7.11 Å². The predicted molar refractivity (Wildman–Crippen MR) is 158 cm³/mol. The van der Waals surface area contributed by atoms with Gasteiger partial charge in [-0.2, -0.15) is 0 Å². The number of ether oxygens (including phenoxy) is 3. The van der Waals surface area contributed by atoms with Crippen LogP contribution in [0.1, 0.15) is 50.1 Å². The Balaban J connectivity index is 1.59. The monoisotopic (exact) mass is 538 g/mol. The van der Waals surface area contributed by atoms with E-state index in [0.717, 1.165) is 56.9 Å². The van der Waals surface area contributed by atoms with Crippen molar-refractivity contribution in [1.29, 1.82) is 0 Å². The van der Waals surface area contributed by atoms with Crippen LogP contribution in [0.5, 0.6) is 28.7 Å². The SMILES string of the molecule is COc1cccc(Oc2c(C)cc(Cc3cc(C)c(Oc4cccc(C)c4/C=N/O)c(C)c3)cc2C)c1/C=N/O. The van der Waals surface area contributed by atoms with Crippen LogP contribution in [0.4, 0.5) is 0 Å². The molecule has 40 heavy (non-hydrogen) atoms. The van der Waals surface area contributed by atoms with E-state index in [0.29, 0.717) is 22.8 Å². The van der Waals surface area contributed by atoms with Crippen molar-refractivity contribution in [3.8, 4) is 28.7 Å². The summed E-state index contributed by atoms with van der Waals surface area (Å²) in [6.07, 6.45) is 3.46. The van der Waals surface area contributed by atoms with Gasteiger partial charge in [-0.25, -0.2) is 0 Å². The van der Waals surface area contributed by atoms with E-state index in [1.54, 1.807) is 13.2 Å². The maximum atomic E-state index is 9.13. The highest BCUT2D eigenvalue weighted by atomic mass is 16.5. The molecule has 0 aliphatic rings. The van der Waals surface area contributed by atoms with Crippen molar-refractivity contribution in [3.05, 3.63) is 111 Å². The molecule has 0 aliphatic heterocycles. The molecule has 0 aromatic heterocycles. The fraction of sp³-hybridized carbons (Fsp3) is 0.212. The van der Waals surface area contributed by atoms with Crippen LogP contribution in [0.2, 0.25) is 0 Å². The maximum Gasteiger partial charge on any atom is 0.140 e. The Kier molecular flexibility index (Phi) is 8.74. The molecule has 0 spiro atoms. The summed E-state index contributed by atoms with van der Waals surface area (Å²) in [6, 6.07) is 19.7. The summed E-state index contributed by atoms with van der Waals surface area (Å²) >= 11 is 0. The zero-order valence-electron chi connectivity index (χ0n) is 23.6. The molecule has 4 aromatic rings. The molecule has 0 aliphatic carbocycles. The number of nitrogens with zero attached hydrogens (tertiary/aromatic N) is 2. The minimum atomic E-state index is 0.542. The molecule has 0 atom stereocenters. The van der Waals surface area contributed by atoms with Gasteiger partial charge in [0.05, 0.1) is 25.1 Å². The van der Waals surface area contributed by atoms with Gasteiger partial charge in [0.2, 0.25) is 0 Å². The molecular weight excluding hydrogens is 504 g/mol. The van der Waals surface area contributed by atoms with Gasteiger partial charge >= 0.3 is 0 Å². The lowest BCUT2D eigenvalue weighted by Gasteiger charge is -2.18. The zero-order chi connectivity index (χ0) is 28.8. The molecule has 0 unspecified atom stereocenters. The van der Waals surface area contributed by atoms with E-state index in [-0.39, 0.29) is 0 Å². The molecule has 0 saturated heterocycles. The highest BCUT2D eigenvalue weighted by molar-refractivity contribution is 5.87. The average molecular weight is 539 g/mol. The molecule has 0 radical (unpaired) electrons. The first kappa shape index (κ1) is 28.2. The van der Waals surface area contributed by atoms with Crippen LogP contribution in [0.3, 0.4) is 0 Å². The van der Waals surface area contributed by atoms with Gasteiger partial charge in [0.15, 0.2) is 0 Å². The molecule has 4 rings (SSSR count). The lowest BCUT2D eigenvalue weighted by atomic mass is 9.97. The van der Waals surface area contributed by atoms with Crippen molar-refractivity contribution in [2.24, 2.45) is 10.3 Å². The summed E-state index contributed by atoms with van der Waals surface area (Å²) in [5, 5.41) is 24.6. The summed E-state index contributed by atoms with van der Waals surface area (Å²) in [6.45, 7) is 10.1. The fourth-order valence-electron chi connectivity index (χ4n) is 5.00. The van der Waals surface area contributed by atoms with E-state index < -0.39 is 0 Å². The van der Waals surface area contributed by atoms with Gasteiger partial charge in [0.25, 0.3) is 0 Å². The van der Waals surface area contributed by atoms with Crippen molar-refractivity contribution in [3.63, 3.8) is 0 Å². The van der Waals surface area contributed by atoms with Crippen LogP contribution in [0, 0.1) is 34.6 Å². The third kappa shape index (κ3) is 6.10. The van der Waals surface area contributed by atoms with Gasteiger partial charge in [-0.3, -0.25) is 0 Å². The number of methoxy groups -OCH3 is 1. The Morgan fingerprint density at radius 2 is 1.02 bits per heavy atom. The van der Waals surface area contributed by atoms with Crippen LogP contribution in [0.15, 0.2) is 71.0 Å². The number of hydrogen-bond donors (Lipinski definition) is 2. The largest absolute Gasteiger partial charge is 0.496 e. The molecule has 7 nitrogen and oxygen atoms in total. The number of aryl methyl sites for hydroxylation is 5. The molecule has 0 heterocycles. The fourth-order valence-corrected chi connectivity index (χ4v) is 5.00. The Bertz CT molecular complexity index is 1540. The first-order valence-electron chi connectivity index (χ1n) is 12.9. The molecule has 0 saturated carbocycles. The summed E-state index contributed by atoms with van der Waals surface area (Å²) in [7, 11) is 1.56. The van der Waals surface area contributed by atoms with E-state index in [9.17, 15) is 0 Å². The van der Waals surface area contributed by atoms with Gasteiger partial charge < -0.3 is 24.6 Å². The minimum absolute atomic E-state index is 0.542. The van der Waals surface area contributed by atoms with E-state index in [4.69, 9.17) is 24.6 Å². The lowest BCUT2D eigenvalue weighted by molar-refractivity contribution is 0.321. The number of benzene rings is 4. The van der Waals surface area contributed by atoms with Gasteiger partial charge in [0, 0.05) is 5.56 Å². The third-order valence-electron chi connectivity index (χ3n) is 6.78. The van der Waals surface area contributed by atoms with Crippen LogP contribution >= 0.6 is 0 Å². The predicted octanol–water partition coefficient (Wildman–Crippen LogP) is 8.03. The maximum absolute atomic E-state index is 9.13. The summed E-state index contributed by atoms with van der Waals surface area (Å²) in [5.74, 6) is 3.28. The highest BCUT2D eigenvalue weighted by Gasteiger charge is 2.15. The number of oxime groups is 2. The summed E-state index contributed by atoms with van der Waals surface area (Å²) in [4.78, 5) is 0. The number of rotatable bonds is 9. The van der Waals surface area contributed by atoms with E-state index >= 15 is 0 Å². The molecular formula is C33H34N2O5. The normalized spacial score (nSPS) is 11.3. The third-order valence-corrected chi connectivity index (χ3v) is 6.78. The molecule has 0 amide bonds. The standard InChI is InChI=1S/C33H34N2O5/c1-20-9-7-11-30(27(20)18-34-36)39-32-21(2)13-25(14-22(32)3)17-26-15-23(4)33(24(5)16-26)40-31-12-8-10-29(38-6)28(31)19-35-37/h7-16,18-19,36-37H,17H2,1-6H3/b34-18+,35-19+. The summed E-state index contributed by atoms with van der Waals surface area (Å²) < 4.78 is 18.0. The Morgan fingerprint density at radius 3 is 1.50 bits per heavy atom. The average Bonchev–Trinajstić information content (AvgIpc) is 2.91. The molecule has 206 valence electrons. The van der Waals surface area contributed by atoms with Crippen LogP contribution in [0.25, 0.3) is 0 Å². The van der Waals surface area contributed by atoms with Crippen LogP contribution < -0.4 is 14.2 Å². The van der Waals surface area contributed by atoms with Crippen molar-refractivity contribution in [2.45, 2.75) is 41.0 Å². The van der Waals surface area contributed by atoms with Crippen LogP contribution in [-0.2, 0) is 6.42 Å². The second-order valence-electron chi connectivity index (χ2n) is 9.85. The van der Waals surface area contributed by atoms with Crippen molar-refractivity contribution in [1.82, 2.24) is 0 Å². The first-order valence-corrected chi connectivity index (χ1v) is 12.9.